The van der Waals surface area contributed by atoms with E-state index in [1.165, 1.54) is 11.3 Å². The van der Waals surface area contributed by atoms with Crippen LogP contribution in [0.15, 0.2) is 48.5 Å². The third-order valence-corrected chi connectivity index (χ3v) is 6.23. The van der Waals surface area contributed by atoms with Crippen molar-refractivity contribution in [1.82, 2.24) is 10.4 Å². The number of benzene rings is 2. The molecule has 0 bridgehead atoms. The number of piperazine rings is 1. The summed E-state index contributed by atoms with van der Waals surface area (Å²) in [6, 6.07) is 15.6. The lowest BCUT2D eigenvalue weighted by Crippen LogP contribution is -2.45. The number of hydrogen-bond acceptors (Lipinski definition) is 5. The first kappa shape index (κ1) is 21.7. The van der Waals surface area contributed by atoms with Crippen LogP contribution in [0.2, 0.25) is 0 Å². The Kier molecular flexibility index (Phi) is 7.43. The van der Waals surface area contributed by atoms with Crippen LogP contribution in [0.4, 0.5) is 5.69 Å². The zero-order valence-electron chi connectivity index (χ0n) is 18.4. The van der Waals surface area contributed by atoms with Crippen LogP contribution in [-0.4, -0.2) is 57.2 Å². The summed E-state index contributed by atoms with van der Waals surface area (Å²) >= 11 is 0. The molecule has 2 aliphatic heterocycles. The lowest BCUT2D eigenvalue weighted by molar-refractivity contribution is 0.0293. The number of hydroxylamine groups is 1. The lowest BCUT2D eigenvalue weighted by Gasteiger charge is -2.37. The van der Waals surface area contributed by atoms with Gasteiger partial charge in [0.1, 0.15) is 5.75 Å². The number of anilines is 1. The van der Waals surface area contributed by atoms with Crippen molar-refractivity contribution in [2.45, 2.75) is 25.7 Å². The SMILES string of the molecule is CN1CCN(c2cccc3c2C[C@H](CCCCONC(=O)c2ccccc2)CO3)CC1. The molecule has 2 aliphatic rings. The van der Waals surface area contributed by atoms with Crippen molar-refractivity contribution in [3.63, 3.8) is 0 Å². The number of ether oxygens (including phenoxy) is 1. The molecule has 0 spiro atoms. The fourth-order valence-electron chi connectivity index (χ4n) is 4.35. The standard InChI is InChI=1S/C25H33N3O3/c1-27-13-15-28(16-14-27)23-11-7-12-24-22(23)18-20(19-30-24)8-5-6-17-31-26-25(29)21-9-3-2-4-10-21/h2-4,7,9-12,20H,5-6,8,13-19H2,1H3,(H,26,29)/t20-/m0/s1. The largest absolute Gasteiger partial charge is 0.493 e. The zero-order valence-corrected chi connectivity index (χ0v) is 18.4. The molecule has 2 aromatic rings. The number of likely N-dealkylation sites (N-methyl/N-ethyl adjacent to an activating group) is 1. The van der Waals surface area contributed by atoms with Crippen LogP contribution in [-0.2, 0) is 11.3 Å². The van der Waals surface area contributed by atoms with E-state index in [9.17, 15) is 4.79 Å². The minimum Gasteiger partial charge on any atom is -0.493 e. The molecular weight excluding hydrogens is 390 g/mol. The van der Waals surface area contributed by atoms with Crippen molar-refractivity contribution in [2.75, 3.05) is 51.3 Å². The molecule has 0 saturated carbocycles. The van der Waals surface area contributed by atoms with Gasteiger partial charge in [0.25, 0.3) is 5.91 Å². The predicted octanol–water partition coefficient (Wildman–Crippen LogP) is 3.52. The number of carbonyl (C=O) groups is 1. The van der Waals surface area contributed by atoms with Crippen molar-refractivity contribution in [3.8, 4) is 5.75 Å². The van der Waals surface area contributed by atoms with Gasteiger partial charge in [-0.15, -0.1) is 0 Å². The summed E-state index contributed by atoms with van der Waals surface area (Å²) < 4.78 is 6.12. The maximum atomic E-state index is 12.0. The monoisotopic (exact) mass is 423 g/mol. The van der Waals surface area contributed by atoms with E-state index in [-0.39, 0.29) is 5.91 Å². The average Bonchev–Trinajstić information content (AvgIpc) is 2.82. The first-order chi connectivity index (χ1) is 15.2. The van der Waals surface area contributed by atoms with Crippen LogP contribution in [0.25, 0.3) is 0 Å². The number of amides is 1. The molecule has 0 unspecified atom stereocenters. The van der Waals surface area contributed by atoms with E-state index in [0.29, 0.717) is 18.1 Å². The highest BCUT2D eigenvalue weighted by molar-refractivity contribution is 5.93. The van der Waals surface area contributed by atoms with E-state index < -0.39 is 0 Å². The van der Waals surface area contributed by atoms with E-state index in [1.807, 2.05) is 18.2 Å². The van der Waals surface area contributed by atoms with E-state index >= 15 is 0 Å². The Bertz CT molecular complexity index is 850. The van der Waals surface area contributed by atoms with Gasteiger partial charge in [0, 0.05) is 43.0 Å². The van der Waals surface area contributed by atoms with Gasteiger partial charge in [-0.1, -0.05) is 30.7 Å². The summed E-state index contributed by atoms with van der Waals surface area (Å²) in [5.74, 6) is 1.38. The molecule has 2 heterocycles. The third kappa shape index (κ3) is 5.77. The van der Waals surface area contributed by atoms with Crippen molar-refractivity contribution >= 4 is 11.6 Å². The average molecular weight is 424 g/mol. The van der Waals surface area contributed by atoms with Crippen LogP contribution < -0.4 is 15.1 Å². The molecule has 0 radical (unpaired) electrons. The fourth-order valence-corrected chi connectivity index (χ4v) is 4.35. The van der Waals surface area contributed by atoms with Crippen LogP contribution in [0.3, 0.4) is 0 Å². The van der Waals surface area contributed by atoms with E-state index in [1.54, 1.807) is 12.1 Å². The van der Waals surface area contributed by atoms with Gasteiger partial charge in [-0.3, -0.25) is 9.63 Å². The number of rotatable bonds is 8. The summed E-state index contributed by atoms with van der Waals surface area (Å²) in [4.78, 5) is 22.2. The molecule has 1 saturated heterocycles. The minimum absolute atomic E-state index is 0.200. The van der Waals surface area contributed by atoms with Crippen LogP contribution in [0.1, 0.15) is 35.2 Å². The van der Waals surface area contributed by atoms with Crippen molar-refractivity contribution < 1.29 is 14.4 Å². The highest BCUT2D eigenvalue weighted by atomic mass is 16.6. The molecule has 1 amide bonds. The molecule has 1 fully saturated rings. The molecule has 31 heavy (non-hydrogen) atoms. The van der Waals surface area contributed by atoms with Crippen molar-refractivity contribution in [1.29, 1.82) is 0 Å². The predicted molar refractivity (Wildman–Crippen MR) is 123 cm³/mol. The molecule has 1 atom stereocenters. The molecule has 6 heteroatoms. The minimum atomic E-state index is -0.200. The van der Waals surface area contributed by atoms with Gasteiger partial charge < -0.3 is 14.5 Å². The van der Waals surface area contributed by atoms with Gasteiger partial charge in [-0.05, 0) is 56.5 Å². The molecule has 2 aromatic carbocycles. The number of nitrogens with one attached hydrogen (secondary N) is 1. The molecule has 6 nitrogen and oxygen atoms in total. The Morgan fingerprint density at radius 3 is 2.68 bits per heavy atom. The highest BCUT2D eigenvalue weighted by Gasteiger charge is 2.25. The Morgan fingerprint density at radius 2 is 1.87 bits per heavy atom. The van der Waals surface area contributed by atoms with Gasteiger partial charge in [-0.25, -0.2) is 5.48 Å². The van der Waals surface area contributed by atoms with E-state index in [4.69, 9.17) is 9.57 Å². The topological polar surface area (TPSA) is 54.0 Å². The van der Waals surface area contributed by atoms with Gasteiger partial charge >= 0.3 is 0 Å². The van der Waals surface area contributed by atoms with Gasteiger partial charge in [0.15, 0.2) is 0 Å². The fraction of sp³-hybridized carbons (Fsp3) is 0.480. The number of hydrogen-bond donors (Lipinski definition) is 1. The number of carbonyl (C=O) groups excluding carboxylic acids is 1. The normalized spacial score (nSPS) is 18.9. The highest BCUT2D eigenvalue weighted by Crippen LogP contribution is 2.36. The number of fused-ring (bicyclic) bond motifs is 1. The summed E-state index contributed by atoms with van der Waals surface area (Å²) in [6.07, 6.45) is 4.15. The maximum Gasteiger partial charge on any atom is 0.274 e. The molecular formula is C25H33N3O3. The van der Waals surface area contributed by atoms with Crippen LogP contribution in [0.5, 0.6) is 5.75 Å². The van der Waals surface area contributed by atoms with E-state index in [2.05, 4.69) is 40.5 Å². The lowest BCUT2D eigenvalue weighted by atomic mass is 9.91. The summed E-state index contributed by atoms with van der Waals surface area (Å²) in [6.45, 7) is 5.66. The Labute approximate surface area is 185 Å². The van der Waals surface area contributed by atoms with Crippen molar-refractivity contribution in [3.05, 3.63) is 59.7 Å². The molecule has 1 N–H and O–H groups in total. The summed E-state index contributed by atoms with van der Waals surface area (Å²) in [7, 11) is 2.19. The zero-order chi connectivity index (χ0) is 21.5. The van der Waals surface area contributed by atoms with Crippen molar-refractivity contribution in [2.24, 2.45) is 5.92 Å². The molecule has 0 aromatic heterocycles. The first-order valence-corrected chi connectivity index (χ1v) is 11.4. The summed E-state index contributed by atoms with van der Waals surface area (Å²) in [5, 5.41) is 0. The van der Waals surface area contributed by atoms with E-state index in [0.717, 1.165) is 64.2 Å². The second kappa shape index (κ2) is 10.6. The number of unbranched alkanes of at least 4 members (excludes halogenated alkanes) is 1. The van der Waals surface area contributed by atoms with Gasteiger partial charge in [0.05, 0.1) is 13.2 Å². The van der Waals surface area contributed by atoms with Crippen LogP contribution >= 0.6 is 0 Å². The molecule has 0 aliphatic carbocycles. The van der Waals surface area contributed by atoms with Gasteiger partial charge in [0.2, 0.25) is 0 Å². The Balaban J connectivity index is 1.20. The smallest absolute Gasteiger partial charge is 0.274 e. The second-order valence-electron chi connectivity index (χ2n) is 8.57. The van der Waals surface area contributed by atoms with Gasteiger partial charge in [-0.2, -0.15) is 0 Å². The third-order valence-electron chi connectivity index (χ3n) is 6.23. The summed E-state index contributed by atoms with van der Waals surface area (Å²) in [5.41, 5.74) is 5.85. The second-order valence-corrected chi connectivity index (χ2v) is 8.57. The Hall–Kier alpha value is -2.57. The molecule has 4 rings (SSSR count). The van der Waals surface area contributed by atoms with Crippen LogP contribution in [0, 0.1) is 5.92 Å². The molecule has 166 valence electrons. The first-order valence-electron chi connectivity index (χ1n) is 11.4. The maximum absolute atomic E-state index is 12.0. The number of nitrogens with zero attached hydrogens (tertiary/aromatic N) is 2. The Morgan fingerprint density at radius 1 is 1.06 bits per heavy atom. The quantitative estimate of drug-likeness (QED) is 0.520.